The highest BCUT2D eigenvalue weighted by molar-refractivity contribution is 5.76. The van der Waals surface area contributed by atoms with Crippen LogP contribution in [0, 0.1) is 5.82 Å². The number of nitrogens with one attached hydrogen (secondary N) is 1. The number of rotatable bonds is 4. The van der Waals surface area contributed by atoms with Crippen LogP contribution in [0.3, 0.4) is 0 Å². The van der Waals surface area contributed by atoms with E-state index in [0.29, 0.717) is 50.6 Å². The highest BCUT2D eigenvalue weighted by atomic mass is 19.1. The van der Waals surface area contributed by atoms with Gasteiger partial charge in [0.05, 0.1) is 13.2 Å². The molecule has 1 amide bonds. The van der Waals surface area contributed by atoms with Crippen molar-refractivity contribution >= 4 is 17.3 Å². The van der Waals surface area contributed by atoms with Gasteiger partial charge in [0, 0.05) is 37.4 Å². The molecule has 0 saturated carbocycles. The minimum atomic E-state index is -0.387. The first-order valence-corrected chi connectivity index (χ1v) is 6.30. The minimum Gasteiger partial charge on any atom is -0.399 e. The third kappa shape index (κ3) is 4.10. The average Bonchev–Trinajstić information content (AvgIpc) is 2.38. The highest BCUT2D eigenvalue weighted by Gasteiger charge is 2.15. The molecule has 2 rings (SSSR count). The van der Waals surface area contributed by atoms with Crippen molar-refractivity contribution in [2.24, 2.45) is 0 Å². The summed E-state index contributed by atoms with van der Waals surface area (Å²) in [6.07, 6.45) is 0.371. The number of nitrogens with zero attached hydrogens (tertiary/aromatic N) is 1. The maximum absolute atomic E-state index is 13.1. The van der Waals surface area contributed by atoms with Gasteiger partial charge < -0.3 is 20.7 Å². The van der Waals surface area contributed by atoms with E-state index in [1.165, 1.54) is 12.1 Å². The smallest absolute Gasteiger partial charge is 0.224 e. The molecule has 104 valence electrons. The van der Waals surface area contributed by atoms with Gasteiger partial charge in [0.15, 0.2) is 0 Å². The first-order valence-electron chi connectivity index (χ1n) is 6.30. The summed E-state index contributed by atoms with van der Waals surface area (Å²) in [4.78, 5) is 13.6. The van der Waals surface area contributed by atoms with E-state index >= 15 is 0 Å². The first-order chi connectivity index (χ1) is 9.15. The van der Waals surface area contributed by atoms with Crippen LogP contribution in [0.4, 0.5) is 15.8 Å². The lowest BCUT2D eigenvalue weighted by atomic mass is 10.2. The fraction of sp³-hybridized carbons (Fsp3) is 0.462. The Hall–Kier alpha value is -1.82. The van der Waals surface area contributed by atoms with Gasteiger partial charge in [-0.05, 0) is 18.2 Å². The van der Waals surface area contributed by atoms with E-state index in [4.69, 9.17) is 10.5 Å². The van der Waals surface area contributed by atoms with Crippen molar-refractivity contribution < 1.29 is 13.9 Å². The maximum Gasteiger partial charge on any atom is 0.224 e. The van der Waals surface area contributed by atoms with Gasteiger partial charge >= 0.3 is 0 Å². The molecule has 1 saturated heterocycles. The second kappa shape index (κ2) is 6.38. The van der Waals surface area contributed by atoms with Crippen LogP contribution < -0.4 is 11.1 Å². The Morgan fingerprint density at radius 2 is 2.11 bits per heavy atom. The van der Waals surface area contributed by atoms with E-state index in [-0.39, 0.29) is 11.7 Å². The third-order valence-corrected chi connectivity index (χ3v) is 2.95. The van der Waals surface area contributed by atoms with Crippen molar-refractivity contribution in [1.29, 1.82) is 0 Å². The number of anilines is 2. The van der Waals surface area contributed by atoms with E-state index < -0.39 is 0 Å². The number of benzene rings is 1. The van der Waals surface area contributed by atoms with E-state index in [2.05, 4.69) is 5.32 Å². The molecule has 0 aromatic heterocycles. The van der Waals surface area contributed by atoms with Crippen LogP contribution in [0.15, 0.2) is 18.2 Å². The summed E-state index contributed by atoms with van der Waals surface area (Å²) in [6, 6.07) is 4.25. The summed E-state index contributed by atoms with van der Waals surface area (Å²) >= 11 is 0. The largest absolute Gasteiger partial charge is 0.399 e. The molecule has 0 aliphatic carbocycles. The SMILES string of the molecule is Nc1cc(F)cc(NCCC(=O)N2CCOCC2)c1. The van der Waals surface area contributed by atoms with Crippen LogP contribution >= 0.6 is 0 Å². The molecule has 0 unspecified atom stereocenters. The van der Waals surface area contributed by atoms with Crippen LogP contribution in [0.25, 0.3) is 0 Å². The molecule has 1 aliphatic heterocycles. The van der Waals surface area contributed by atoms with E-state index in [1.807, 2.05) is 0 Å². The Bertz CT molecular complexity index is 427. The molecule has 0 spiro atoms. The van der Waals surface area contributed by atoms with Gasteiger partial charge in [-0.3, -0.25) is 4.79 Å². The minimum absolute atomic E-state index is 0.0835. The number of amides is 1. The van der Waals surface area contributed by atoms with Crippen LogP contribution in [-0.4, -0.2) is 43.7 Å². The number of nitrogens with two attached hydrogens (primary N) is 1. The van der Waals surface area contributed by atoms with Gasteiger partial charge in [-0.2, -0.15) is 0 Å². The maximum atomic E-state index is 13.1. The number of ether oxygens (including phenoxy) is 1. The number of nitrogen functional groups attached to an aromatic ring is 1. The summed E-state index contributed by atoms with van der Waals surface area (Å²) in [6.45, 7) is 2.94. The van der Waals surface area contributed by atoms with Crippen molar-refractivity contribution in [2.75, 3.05) is 43.9 Å². The van der Waals surface area contributed by atoms with Crippen molar-refractivity contribution in [3.8, 4) is 0 Å². The van der Waals surface area contributed by atoms with E-state index in [9.17, 15) is 9.18 Å². The molecule has 0 atom stereocenters. The molecule has 1 fully saturated rings. The second-order valence-corrected chi connectivity index (χ2v) is 4.44. The zero-order valence-corrected chi connectivity index (χ0v) is 10.7. The van der Waals surface area contributed by atoms with Crippen LogP contribution in [0.1, 0.15) is 6.42 Å². The van der Waals surface area contributed by atoms with Gasteiger partial charge in [-0.25, -0.2) is 4.39 Å². The lowest BCUT2D eigenvalue weighted by molar-refractivity contribution is -0.134. The summed E-state index contributed by atoms with van der Waals surface area (Å²) < 4.78 is 18.3. The van der Waals surface area contributed by atoms with Crippen molar-refractivity contribution in [1.82, 2.24) is 4.90 Å². The molecule has 1 heterocycles. The van der Waals surface area contributed by atoms with Crippen LogP contribution in [-0.2, 0) is 9.53 Å². The monoisotopic (exact) mass is 267 g/mol. The summed E-state index contributed by atoms with van der Waals surface area (Å²) in [5.74, 6) is -0.304. The second-order valence-electron chi connectivity index (χ2n) is 4.44. The molecule has 0 bridgehead atoms. The zero-order valence-electron chi connectivity index (χ0n) is 10.7. The lowest BCUT2D eigenvalue weighted by Gasteiger charge is -2.26. The topological polar surface area (TPSA) is 67.6 Å². The number of hydrogen-bond donors (Lipinski definition) is 2. The van der Waals surface area contributed by atoms with Gasteiger partial charge in [0.2, 0.25) is 5.91 Å². The highest BCUT2D eigenvalue weighted by Crippen LogP contribution is 2.15. The molecular weight excluding hydrogens is 249 g/mol. The molecule has 1 aromatic carbocycles. The Morgan fingerprint density at radius 1 is 1.37 bits per heavy atom. The Balaban J connectivity index is 1.77. The zero-order chi connectivity index (χ0) is 13.7. The predicted molar refractivity (Wildman–Crippen MR) is 71.3 cm³/mol. The number of carbonyl (C=O) groups is 1. The molecular formula is C13H18FN3O2. The summed E-state index contributed by atoms with van der Waals surface area (Å²) in [5.41, 5.74) is 6.49. The summed E-state index contributed by atoms with van der Waals surface area (Å²) in [7, 11) is 0. The Labute approximate surface area is 111 Å². The van der Waals surface area contributed by atoms with Crippen LogP contribution in [0.2, 0.25) is 0 Å². The number of hydrogen-bond acceptors (Lipinski definition) is 4. The molecule has 6 heteroatoms. The molecule has 19 heavy (non-hydrogen) atoms. The molecule has 1 aromatic rings. The van der Waals surface area contributed by atoms with Gasteiger partial charge in [0.25, 0.3) is 0 Å². The van der Waals surface area contributed by atoms with E-state index in [1.54, 1.807) is 11.0 Å². The molecule has 5 nitrogen and oxygen atoms in total. The summed E-state index contributed by atoms with van der Waals surface area (Å²) in [5, 5.41) is 3.00. The van der Waals surface area contributed by atoms with Crippen LogP contribution in [0.5, 0.6) is 0 Å². The van der Waals surface area contributed by atoms with Gasteiger partial charge in [-0.1, -0.05) is 0 Å². The fourth-order valence-corrected chi connectivity index (χ4v) is 2.00. The number of halogens is 1. The quantitative estimate of drug-likeness (QED) is 0.801. The first kappa shape index (κ1) is 13.6. The van der Waals surface area contributed by atoms with Gasteiger partial charge in [0.1, 0.15) is 5.82 Å². The molecule has 1 aliphatic rings. The van der Waals surface area contributed by atoms with E-state index in [0.717, 1.165) is 0 Å². The van der Waals surface area contributed by atoms with Gasteiger partial charge in [-0.15, -0.1) is 0 Å². The predicted octanol–water partition coefficient (Wildman–Crippen LogP) is 1.07. The fourth-order valence-electron chi connectivity index (χ4n) is 2.00. The van der Waals surface area contributed by atoms with Crippen molar-refractivity contribution in [3.05, 3.63) is 24.0 Å². The Morgan fingerprint density at radius 3 is 2.79 bits per heavy atom. The number of morpholine rings is 1. The van der Waals surface area contributed by atoms with Crippen molar-refractivity contribution in [3.63, 3.8) is 0 Å². The molecule has 0 radical (unpaired) electrons. The molecule has 3 N–H and O–H groups in total. The normalized spacial score (nSPS) is 15.3. The van der Waals surface area contributed by atoms with Crippen molar-refractivity contribution in [2.45, 2.75) is 6.42 Å². The average molecular weight is 267 g/mol. The lowest BCUT2D eigenvalue weighted by Crippen LogP contribution is -2.41. The Kier molecular flexibility index (Phi) is 4.57. The standard InChI is InChI=1S/C13H18FN3O2/c14-10-7-11(15)9-12(8-10)16-2-1-13(18)17-3-5-19-6-4-17/h7-9,16H,1-6,15H2. The third-order valence-electron chi connectivity index (χ3n) is 2.95. The number of carbonyl (C=O) groups excluding carboxylic acids is 1.